The normalized spacial score (nSPS) is 11.5. The molecule has 4 nitrogen and oxygen atoms in total. The van der Waals surface area contributed by atoms with Crippen LogP contribution in [0, 0.1) is 5.82 Å². The van der Waals surface area contributed by atoms with Gasteiger partial charge in [0.05, 0.1) is 11.4 Å². The second kappa shape index (κ2) is 6.32. The second-order valence-electron chi connectivity index (χ2n) is 3.50. The summed E-state index contributed by atoms with van der Waals surface area (Å²) < 4.78 is 38.9. The molecule has 0 aliphatic heterocycles. The molecule has 1 aromatic rings. The van der Waals surface area contributed by atoms with Crippen LogP contribution >= 0.6 is 15.9 Å². The number of rotatable bonds is 6. The maximum atomic E-state index is 12.8. The minimum Gasteiger partial charge on any atom is -0.320 e. The lowest BCUT2D eigenvalue weighted by Gasteiger charge is -2.09. The highest BCUT2D eigenvalue weighted by Crippen LogP contribution is 2.24. The van der Waals surface area contributed by atoms with E-state index in [0.29, 0.717) is 23.1 Å². The summed E-state index contributed by atoms with van der Waals surface area (Å²) >= 11 is 3.10. The van der Waals surface area contributed by atoms with Gasteiger partial charge in [0.2, 0.25) is 10.0 Å². The third kappa shape index (κ3) is 5.01. The molecule has 0 amide bonds. The molecule has 0 saturated heterocycles. The first-order valence-corrected chi connectivity index (χ1v) is 7.49. The Balaban J connectivity index is 2.69. The van der Waals surface area contributed by atoms with Gasteiger partial charge < -0.3 is 5.32 Å². The molecule has 0 aromatic heterocycles. The van der Waals surface area contributed by atoms with Gasteiger partial charge in [0.25, 0.3) is 0 Å². The average molecular weight is 325 g/mol. The zero-order valence-electron chi connectivity index (χ0n) is 9.33. The first kappa shape index (κ1) is 14.4. The van der Waals surface area contributed by atoms with Crippen molar-refractivity contribution in [2.75, 3.05) is 24.1 Å². The monoisotopic (exact) mass is 324 g/mol. The summed E-state index contributed by atoms with van der Waals surface area (Å²) in [5.74, 6) is -0.396. The SMILES string of the molecule is CNCCCS(=O)(=O)Nc1ccc(F)cc1Br. The van der Waals surface area contributed by atoms with E-state index < -0.39 is 15.8 Å². The predicted molar refractivity (Wildman–Crippen MR) is 70.1 cm³/mol. The Bertz CT molecular complexity index is 479. The van der Waals surface area contributed by atoms with E-state index in [4.69, 9.17) is 0 Å². The van der Waals surface area contributed by atoms with Crippen LogP contribution in [0.3, 0.4) is 0 Å². The highest BCUT2D eigenvalue weighted by molar-refractivity contribution is 9.10. The predicted octanol–water partition coefficient (Wildman–Crippen LogP) is 1.94. The number of hydrogen-bond acceptors (Lipinski definition) is 3. The number of hydrogen-bond donors (Lipinski definition) is 2. The molecule has 0 heterocycles. The van der Waals surface area contributed by atoms with Gasteiger partial charge in [-0.3, -0.25) is 4.72 Å². The van der Waals surface area contributed by atoms with Crippen molar-refractivity contribution in [2.45, 2.75) is 6.42 Å². The fourth-order valence-electron chi connectivity index (χ4n) is 1.23. The Morgan fingerprint density at radius 3 is 2.71 bits per heavy atom. The zero-order chi connectivity index (χ0) is 12.9. The van der Waals surface area contributed by atoms with E-state index in [1.165, 1.54) is 18.2 Å². The summed E-state index contributed by atoms with van der Waals surface area (Å²) in [6.45, 7) is 0.630. The smallest absolute Gasteiger partial charge is 0.232 e. The van der Waals surface area contributed by atoms with Crippen molar-refractivity contribution in [3.8, 4) is 0 Å². The molecular formula is C10H14BrFN2O2S. The largest absolute Gasteiger partial charge is 0.320 e. The van der Waals surface area contributed by atoms with E-state index in [9.17, 15) is 12.8 Å². The van der Waals surface area contributed by atoms with Gasteiger partial charge in [-0.1, -0.05) is 0 Å². The van der Waals surface area contributed by atoms with Crippen LogP contribution in [0.4, 0.5) is 10.1 Å². The summed E-state index contributed by atoms with van der Waals surface area (Å²) in [6.07, 6.45) is 0.518. The van der Waals surface area contributed by atoms with E-state index >= 15 is 0 Å². The maximum absolute atomic E-state index is 12.8. The maximum Gasteiger partial charge on any atom is 0.232 e. The molecule has 0 radical (unpaired) electrons. The first-order chi connectivity index (χ1) is 7.94. The van der Waals surface area contributed by atoms with Gasteiger partial charge in [-0.05, 0) is 54.1 Å². The van der Waals surface area contributed by atoms with Gasteiger partial charge in [-0.15, -0.1) is 0 Å². The van der Waals surface area contributed by atoms with E-state index in [1.807, 2.05) is 0 Å². The highest BCUT2D eigenvalue weighted by Gasteiger charge is 2.12. The number of sulfonamides is 1. The van der Waals surface area contributed by atoms with Crippen LogP contribution in [0.15, 0.2) is 22.7 Å². The van der Waals surface area contributed by atoms with Gasteiger partial charge in [0, 0.05) is 4.47 Å². The molecular weight excluding hydrogens is 311 g/mol. The molecule has 1 rings (SSSR count). The van der Waals surface area contributed by atoms with E-state index in [1.54, 1.807) is 7.05 Å². The Hall–Kier alpha value is -0.660. The van der Waals surface area contributed by atoms with Gasteiger partial charge in [-0.2, -0.15) is 0 Å². The summed E-state index contributed by atoms with van der Waals surface area (Å²) in [7, 11) is -1.62. The van der Waals surface area contributed by atoms with Crippen LogP contribution in [-0.2, 0) is 10.0 Å². The van der Waals surface area contributed by atoms with Crippen molar-refractivity contribution in [1.82, 2.24) is 5.32 Å². The Morgan fingerprint density at radius 2 is 2.12 bits per heavy atom. The zero-order valence-corrected chi connectivity index (χ0v) is 11.7. The molecule has 0 atom stereocenters. The van der Waals surface area contributed by atoms with Crippen molar-refractivity contribution < 1.29 is 12.8 Å². The van der Waals surface area contributed by atoms with Crippen molar-refractivity contribution in [2.24, 2.45) is 0 Å². The third-order valence-corrected chi connectivity index (χ3v) is 4.05. The van der Waals surface area contributed by atoms with Crippen molar-refractivity contribution in [3.05, 3.63) is 28.5 Å². The van der Waals surface area contributed by atoms with E-state index in [2.05, 4.69) is 26.0 Å². The molecule has 0 aliphatic carbocycles. The Morgan fingerprint density at radius 1 is 1.41 bits per heavy atom. The fourth-order valence-corrected chi connectivity index (χ4v) is 2.95. The van der Waals surface area contributed by atoms with Crippen molar-refractivity contribution >= 4 is 31.6 Å². The van der Waals surface area contributed by atoms with Crippen LogP contribution < -0.4 is 10.0 Å². The summed E-state index contributed by atoms with van der Waals surface area (Å²) in [5, 5.41) is 2.87. The van der Waals surface area contributed by atoms with E-state index in [0.717, 1.165) is 0 Å². The third-order valence-electron chi connectivity index (χ3n) is 2.04. The number of halogens is 2. The lowest BCUT2D eigenvalue weighted by Crippen LogP contribution is -2.20. The lowest BCUT2D eigenvalue weighted by atomic mass is 10.3. The van der Waals surface area contributed by atoms with Crippen LogP contribution in [0.5, 0.6) is 0 Å². The minimum atomic E-state index is -3.38. The van der Waals surface area contributed by atoms with Gasteiger partial charge in [0.15, 0.2) is 0 Å². The molecule has 0 fully saturated rings. The Kier molecular flexibility index (Phi) is 5.35. The molecule has 7 heteroatoms. The molecule has 96 valence electrons. The molecule has 17 heavy (non-hydrogen) atoms. The fraction of sp³-hybridized carbons (Fsp3) is 0.400. The Labute approximate surface area is 109 Å². The number of benzene rings is 1. The number of nitrogens with one attached hydrogen (secondary N) is 2. The van der Waals surface area contributed by atoms with Crippen LogP contribution in [0.2, 0.25) is 0 Å². The number of anilines is 1. The van der Waals surface area contributed by atoms with Crippen molar-refractivity contribution in [3.63, 3.8) is 0 Å². The van der Waals surface area contributed by atoms with E-state index in [-0.39, 0.29) is 5.75 Å². The van der Waals surface area contributed by atoms with Gasteiger partial charge in [-0.25, -0.2) is 12.8 Å². The molecule has 0 bridgehead atoms. The quantitative estimate of drug-likeness (QED) is 0.786. The average Bonchev–Trinajstić information content (AvgIpc) is 2.22. The molecule has 0 unspecified atom stereocenters. The lowest BCUT2D eigenvalue weighted by molar-refractivity contribution is 0.596. The van der Waals surface area contributed by atoms with Gasteiger partial charge >= 0.3 is 0 Å². The summed E-state index contributed by atoms with van der Waals surface area (Å²) in [5.41, 5.74) is 0.343. The summed E-state index contributed by atoms with van der Waals surface area (Å²) in [4.78, 5) is 0. The van der Waals surface area contributed by atoms with Gasteiger partial charge in [0.1, 0.15) is 5.82 Å². The van der Waals surface area contributed by atoms with Crippen LogP contribution in [0.1, 0.15) is 6.42 Å². The standard InChI is InChI=1S/C10H14BrFN2O2S/c1-13-5-2-6-17(15,16)14-10-4-3-8(12)7-9(10)11/h3-4,7,13-14H,2,5-6H2,1H3. The molecule has 0 aliphatic rings. The highest BCUT2D eigenvalue weighted by atomic mass is 79.9. The van der Waals surface area contributed by atoms with Crippen molar-refractivity contribution in [1.29, 1.82) is 0 Å². The molecule has 2 N–H and O–H groups in total. The molecule has 1 aromatic carbocycles. The molecule has 0 saturated carbocycles. The first-order valence-electron chi connectivity index (χ1n) is 5.05. The molecule has 0 spiro atoms. The topological polar surface area (TPSA) is 58.2 Å². The van der Waals surface area contributed by atoms with Crippen LogP contribution in [-0.4, -0.2) is 27.8 Å². The van der Waals surface area contributed by atoms with Crippen LogP contribution in [0.25, 0.3) is 0 Å². The second-order valence-corrected chi connectivity index (χ2v) is 6.20. The summed E-state index contributed by atoms with van der Waals surface area (Å²) in [6, 6.07) is 3.80. The minimum absolute atomic E-state index is 0.0255.